The normalized spacial score (nSPS) is 14.7. The summed E-state index contributed by atoms with van der Waals surface area (Å²) in [6.45, 7) is 10.1. The third kappa shape index (κ3) is 11.9. The smallest absolute Gasteiger partial charge is 0.410 e. The van der Waals surface area contributed by atoms with E-state index in [2.05, 4.69) is 20.5 Å². The van der Waals surface area contributed by atoms with Gasteiger partial charge in [0.1, 0.15) is 18.2 Å². The quantitative estimate of drug-likeness (QED) is 0.349. The molecule has 1 aliphatic rings. The van der Waals surface area contributed by atoms with Crippen LogP contribution in [0.3, 0.4) is 0 Å². The predicted molar refractivity (Wildman–Crippen MR) is 152 cm³/mol. The second-order valence-electron chi connectivity index (χ2n) is 10.5. The first kappa shape index (κ1) is 31.3. The Balaban J connectivity index is 1.52. The third-order valence-electron chi connectivity index (χ3n) is 6.05. The minimum Gasteiger partial charge on any atom is -0.444 e. The highest BCUT2D eigenvalue weighted by Gasteiger charge is 2.25. The van der Waals surface area contributed by atoms with Crippen LogP contribution in [0.2, 0.25) is 0 Å². The maximum atomic E-state index is 13.1. The average Bonchev–Trinajstić information content (AvgIpc) is 3.45. The van der Waals surface area contributed by atoms with Crippen molar-refractivity contribution in [3.63, 3.8) is 0 Å². The van der Waals surface area contributed by atoms with Gasteiger partial charge in [0.25, 0.3) is 0 Å². The zero-order valence-corrected chi connectivity index (χ0v) is 24.4. The van der Waals surface area contributed by atoms with Crippen molar-refractivity contribution in [3.05, 3.63) is 52.5 Å². The van der Waals surface area contributed by atoms with E-state index in [1.54, 1.807) is 37.4 Å². The van der Waals surface area contributed by atoms with Crippen molar-refractivity contribution in [2.45, 2.75) is 58.4 Å². The standard InChI is InChI=1S/C28H41N5O6S/c1-28(2,3)39-26(35)31-24(10-13-32-14-16-37-17-15-32)25(34)30-11-7-12-33(19-22-8-5-4-6-9-22)27(36)38-20-23-18-29-21-40-23/h4-6,8-9,18,21,24H,7,10-17,19-20H2,1-3H3,(H,30,34)(H,31,35)/t24-/m0/s1. The summed E-state index contributed by atoms with van der Waals surface area (Å²) in [5, 5.41) is 5.64. The Morgan fingerprint density at radius 2 is 1.93 bits per heavy atom. The van der Waals surface area contributed by atoms with Crippen molar-refractivity contribution < 1.29 is 28.6 Å². The highest BCUT2D eigenvalue weighted by molar-refractivity contribution is 7.09. The number of aromatic nitrogens is 1. The van der Waals surface area contributed by atoms with Gasteiger partial charge in [-0.05, 0) is 39.2 Å². The highest BCUT2D eigenvalue weighted by atomic mass is 32.1. The minimum atomic E-state index is -0.748. The second-order valence-corrected chi connectivity index (χ2v) is 11.5. The summed E-state index contributed by atoms with van der Waals surface area (Å²) >= 11 is 1.43. The summed E-state index contributed by atoms with van der Waals surface area (Å²) in [5.74, 6) is -0.290. The topological polar surface area (TPSA) is 122 Å². The molecule has 3 amide bonds. The summed E-state index contributed by atoms with van der Waals surface area (Å²) in [6, 6.07) is 8.92. The molecule has 1 aromatic carbocycles. The van der Waals surface area contributed by atoms with E-state index in [1.165, 1.54) is 11.3 Å². The predicted octanol–water partition coefficient (Wildman–Crippen LogP) is 3.40. The Morgan fingerprint density at radius 1 is 1.18 bits per heavy atom. The van der Waals surface area contributed by atoms with Gasteiger partial charge in [-0.1, -0.05) is 30.3 Å². The Kier molecular flexibility index (Phi) is 12.6. The van der Waals surface area contributed by atoms with E-state index >= 15 is 0 Å². The number of carbonyl (C=O) groups is 3. The van der Waals surface area contributed by atoms with E-state index in [0.717, 1.165) is 23.5 Å². The van der Waals surface area contributed by atoms with Crippen LogP contribution in [0, 0.1) is 0 Å². The van der Waals surface area contributed by atoms with E-state index in [1.807, 2.05) is 30.3 Å². The fraction of sp³-hybridized carbons (Fsp3) is 0.571. The molecule has 2 heterocycles. The third-order valence-corrected chi connectivity index (χ3v) is 6.80. The molecule has 1 aliphatic heterocycles. The zero-order valence-electron chi connectivity index (χ0n) is 23.6. The maximum absolute atomic E-state index is 13.1. The first-order chi connectivity index (χ1) is 19.2. The Bertz CT molecular complexity index is 1040. The molecule has 0 spiro atoms. The van der Waals surface area contributed by atoms with E-state index in [9.17, 15) is 14.4 Å². The molecular formula is C28H41N5O6S. The number of morpholine rings is 1. The molecule has 11 nitrogen and oxygen atoms in total. The van der Waals surface area contributed by atoms with E-state index in [-0.39, 0.29) is 12.5 Å². The Morgan fingerprint density at radius 3 is 2.60 bits per heavy atom. The lowest BCUT2D eigenvalue weighted by molar-refractivity contribution is -0.123. The molecular weight excluding hydrogens is 534 g/mol. The van der Waals surface area contributed by atoms with Crippen molar-refractivity contribution in [2.24, 2.45) is 0 Å². The van der Waals surface area contributed by atoms with E-state index in [4.69, 9.17) is 14.2 Å². The van der Waals surface area contributed by atoms with Gasteiger partial charge in [-0.3, -0.25) is 14.7 Å². The van der Waals surface area contributed by atoms with Gasteiger partial charge in [-0.2, -0.15) is 0 Å². The molecule has 0 saturated carbocycles. The number of ether oxygens (including phenoxy) is 3. The van der Waals surface area contributed by atoms with Crippen LogP contribution in [-0.4, -0.2) is 90.5 Å². The molecule has 0 aliphatic carbocycles. The fourth-order valence-electron chi connectivity index (χ4n) is 4.04. The number of carbonyl (C=O) groups excluding carboxylic acids is 3. The zero-order chi connectivity index (χ0) is 28.8. The van der Waals surface area contributed by atoms with Crippen LogP contribution in [0.1, 0.15) is 44.1 Å². The van der Waals surface area contributed by atoms with Gasteiger partial charge in [0, 0.05) is 45.5 Å². The van der Waals surface area contributed by atoms with Gasteiger partial charge in [-0.15, -0.1) is 11.3 Å². The van der Waals surface area contributed by atoms with Crippen LogP contribution < -0.4 is 10.6 Å². The van der Waals surface area contributed by atoms with Crippen LogP contribution in [0.25, 0.3) is 0 Å². The highest BCUT2D eigenvalue weighted by Crippen LogP contribution is 2.12. The monoisotopic (exact) mass is 575 g/mol. The molecule has 0 radical (unpaired) electrons. The molecule has 40 heavy (non-hydrogen) atoms. The van der Waals surface area contributed by atoms with Gasteiger partial charge in [0.05, 0.1) is 23.6 Å². The molecule has 3 rings (SSSR count). The number of nitrogens with zero attached hydrogens (tertiary/aromatic N) is 3. The summed E-state index contributed by atoms with van der Waals surface area (Å²) < 4.78 is 16.3. The van der Waals surface area contributed by atoms with Crippen LogP contribution in [-0.2, 0) is 32.2 Å². The lowest BCUT2D eigenvalue weighted by Gasteiger charge is -2.29. The molecule has 2 N–H and O–H groups in total. The summed E-state index contributed by atoms with van der Waals surface area (Å²) in [7, 11) is 0. The average molecular weight is 576 g/mol. The molecule has 220 valence electrons. The molecule has 12 heteroatoms. The first-order valence-electron chi connectivity index (χ1n) is 13.6. The number of hydrogen-bond donors (Lipinski definition) is 2. The Labute approximate surface area is 240 Å². The van der Waals surface area contributed by atoms with Crippen LogP contribution in [0.5, 0.6) is 0 Å². The van der Waals surface area contributed by atoms with Gasteiger partial charge < -0.3 is 29.7 Å². The SMILES string of the molecule is CC(C)(C)OC(=O)N[C@@H](CCN1CCOCC1)C(=O)NCCCN(Cc1ccccc1)C(=O)OCc1cncs1. The van der Waals surface area contributed by atoms with Crippen molar-refractivity contribution >= 4 is 29.4 Å². The summed E-state index contributed by atoms with van der Waals surface area (Å²) in [5.41, 5.74) is 2.00. The molecule has 1 aromatic heterocycles. The second kappa shape index (κ2) is 16.1. The summed E-state index contributed by atoms with van der Waals surface area (Å²) in [4.78, 5) is 47.1. The number of alkyl carbamates (subject to hydrolysis) is 1. The number of thiazole rings is 1. The number of benzene rings is 1. The molecule has 0 unspecified atom stereocenters. The minimum absolute atomic E-state index is 0.159. The maximum Gasteiger partial charge on any atom is 0.410 e. The van der Waals surface area contributed by atoms with Gasteiger partial charge in [0.2, 0.25) is 5.91 Å². The molecule has 1 fully saturated rings. The van der Waals surface area contributed by atoms with Crippen molar-refractivity contribution in [1.29, 1.82) is 0 Å². The largest absolute Gasteiger partial charge is 0.444 e. The number of amides is 3. The van der Waals surface area contributed by atoms with Gasteiger partial charge >= 0.3 is 12.2 Å². The van der Waals surface area contributed by atoms with Gasteiger partial charge in [-0.25, -0.2) is 9.59 Å². The first-order valence-corrected chi connectivity index (χ1v) is 14.5. The van der Waals surface area contributed by atoms with Crippen molar-refractivity contribution in [1.82, 2.24) is 25.4 Å². The van der Waals surface area contributed by atoms with Gasteiger partial charge in [0.15, 0.2) is 0 Å². The number of nitrogens with one attached hydrogen (secondary N) is 2. The van der Waals surface area contributed by atoms with Crippen LogP contribution >= 0.6 is 11.3 Å². The lowest BCUT2D eigenvalue weighted by Crippen LogP contribution is -2.50. The number of rotatable bonds is 13. The van der Waals surface area contributed by atoms with Crippen molar-refractivity contribution in [3.8, 4) is 0 Å². The molecule has 1 atom stereocenters. The molecule has 1 saturated heterocycles. The fourth-order valence-corrected chi connectivity index (χ4v) is 4.54. The van der Waals surface area contributed by atoms with Crippen LogP contribution in [0.4, 0.5) is 9.59 Å². The molecule has 0 bridgehead atoms. The van der Waals surface area contributed by atoms with Crippen molar-refractivity contribution in [2.75, 3.05) is 45.9 Å². The number of hydrogen-bond acceptors (Lipinski definition) is 9. The van der Waals surface area contributed by atoms with E-state index in [0.29, 0.717) is 52.2 Å². The van der Waals surface area contributed by atoms with Crippen LogP contribution in [0.15, 0.2) is 42.0 Å². The summed E-state index contributed by atoms with van der Waals surface area (Å²) in [6.07, 6.45) is 1.56. The molecule has 2 aromatic rings. The lowest BCUT2D eigenvalue weighted by atomic mass is 10.1. The van der Waals surface area contributed by atoms with E-state index < -0.39 is 23.8 Å². The Hall–Kier alpha value is -3.22.